The van der Waals surface area contributed by atoms with E-state index in [2.05, 4.69) is 39.1 Å². The summed E-state index contributed by atoms with van der Waals surface area (Å²) in [6, 6.07) is 0. The Labute approximate surface area is 82.8 Å². The minimum atomic E-state index is 0. The van der Waals surface area contributed by atoms with Crippen molar-refractivity contribution in [3.8, 4) is 0 Å². The van der Waals surface area contributed by atoms with Crippen LogP contribution < -0.4 is 0 Å². The molecule has 0 atom stereocenters. The molecule has 0 saturated heterocycles. The Morgan fingerprint density at radius 3 is 1.00 bits per heavy atom. The molecule has 0 fully saturated rings. The molecule has 0 N–H and O–H groups in total. The molecule has 0 nitrogen and oxygen atoms in total. The predicted octanol–water partition coefficient (Wildman–Crippen LogP) is 2.28. The van der Waals surface area contributed by atoms with Crippen LogP contribution in [0, 0.1) is 13.8 Å². The molecular formula is C6H14S2Zn. The maximum Gasteiger partial charge on any atom is 2.00 e. The average molecular weight is 216 g/mol. The summed E-state index contributed by atoms with van der Waals surface area (Å²) < 4.78 is 0. The molecular weight excluding hydrogens is 202 g/mol. The molecule has 0 bridgehead atoms. The molecule has 0 aliphatic carbocycles. The summed E-state index contributed by atoms with van der Waals surface area (Å²) in [5.74, 6) is 1.81. The van der Waals surface area contributed by atoms with Crippen LogP contribution in [0.25, 0.3) is 0 Å². The van der Waals surface area contributed by atoms with Gasteiger partial charge < -0.3 is 13.8 Å². The van der Waals surface area contributed by atoms with E-state index in [4.69, 9.17) is 0 Å². The van der Waals surface area contributed by atoms with Gasteiger partial charge in [0.05, 0.1) is 0 Å². The van der Waals surface area contributed by atoms with Crippen molar-refractivity contribution in [1.29, 1.82) is 0 Å². The van der Waals surface area contributed by atoms with Crippen molar-refractivity contribution in [2.24, 2.45) is 0 Å². The first-order chi connectivity index (χ1) is 3.83. The van der Waals surface area contributed by atoms with Gasteiger partial charge in [0, 0.05) is 0 Å². The summed E-state index contributed by atoms with van der Waals surface area (Å²) in [7, 11) is 0. The second kappa shape index (κ2) is 22.8. The zero-order valence-corrected chi connectivity index (χ0v) is 10.6. The number of hydrogen-bond donors (Lipinski definition) is 2. The number of thiol groups is 2. The molecule has 0 aromatic rings. The molecule has 0 radical (unpaired) electrons. The van der Waals surface area contributed by atoms with Gasteiger partial charge in [0.15, 0.2) is 0 Å². The van der Waals surface area contributed by atoms with Gasteiger partial charge in [-0.15, -0.1) is 0 Å². The van der Waals surface area contributed by atoms with Gasteiger partial charge in [-0.05, 0) is 11.5 Å². The van der Waals surface area contributed by atoms with Crippen LogP contribution in [-0.2, 0) is 19.5 Å². The zero-order valence-electron chi connectivity index (χ0n) is 5.84. The van der Waals surface area contributed by atoms with E-state index in [0.717, 1.165) is 24.3 Å². The van der Waals surface area contributed by atoms with Crippen LogP contribution in [0.4, 0.5) is 0 Å². The fraction of sp³-hybridized carbons (Fsp3) is 0.667. The summed E-state index contributed by atoms with van der Waals surface area (Å²) in [4.78, 5) is 0. The molecule has 0 aromatic carbocycles. The maximum atomic E-state index is 3.86. The molecule has 52 valence electrons. The minimum absolute atomic E-state index is 0. The van der Waals surface area contributed by atoms with Crippen molar-refractivity contribution >= 4 is 25.3 Å². The van der Waals surface area contributed by atoms with Crippen molar-refractivity contribution < 1.29 is 19.5 Å². The summed E-state index contributed by atoms with van der Waals surface area (Å²) in [6.07, 6.45) is 1.87. The molecule has 0 spiro atoms. The van der Waals surface area contributed by atoms with E-state index < -0.39 is 0 Å². The molecule has 0 amide bonds. The van der Waals surface area contributed by atoms with E-state index in [0.29, 0.717) is 0 Å². The van der Waals surface area contributed by atoms with Gasteiger partial charge in [0.1, 0.15) is 0 Å². The Morgan fingerprint density at radius 2 is 1.00 bits per heavy atom. The third kappa shape index (κ3) is 45.3. The molecule has 0 rings (SSSR count). The van der Waals surface area contributed by atoms with E-state index in [-0.39, 0.29) is 19.5 Å². The van der Waals surface area contributed by atoms with Gasteiger partial charge in [0.25, 0.3) is 0 Å². The molecule has 0 saturated carbocycles. The van der Waals surface area contributed by atoms with E-state index in [9.17, 15) is 0 Å². The fourth-order valence-corrected chi connectivity index (χ4v) is 0. The average Bonchev–Trinajstić information content (AvgIpc) is 1.88. The van der Waals surface area contributed by atoms with Gasteiger partial charge >= 0.3 is 19.5 Å². The van der Waals surface area contributed by atoms with E-state index in [1.807, 2.05) is 0 Å². The van der Waals surface area contributed by atoms with Crippen molar-refractivity contribution in [1.82, 2.24) is 0 Å². The Hall–Kier alpha value is 1.32. The molecule has 3 heteroatoms. The third-order valence-corrected chi connectivity index (χ3v) is 0.949. The molecule has 9 heavy (non-hydrogen) atoms. The van der Waals surface area contributed by atoms with Gasteiger partial charge in [-0.25, -0.2) is 0 Å². The van der Waals surface area contributed by atoms with Crippen LogP contribution in [0.2, 0.25) is 0 Å². The maximum absolute atomic E-state index is 3.86. The Kier molecular flexibility index (Phi) is 42.4. The van der Waals surface area contributed by atoms with Crippen molar-refractivity contribution in [3.63, 3.8) is 0 Å². The van der Waals surface area contributed by atoms with Crippen LogP contribution in [-0.4, -0.2) is 11.5 Å². The molecule has 0 heterocycles. The van der Waals surface area contributed by atoms with Gasteiger partial charge in [-0.1, -0.05) is 0 Å². The Bertz CT molecular complexity index is 19.0. The topological polar surface area (TPSA) is 0 Å². The van der Waals surface area contributed by atoms with E-state index >= 15 is 0 Å². The summed E-state index contributed by atoms with van der Waals surface area (Å²) >= 11 is 7.72. The van der Waals surface area contributed by atoms with Crippen molar-refractivity contribution in [2.75, 3.05) is 11.5 Å². The predicted molar refractivity (Wildman–Crippen MR) is 47.7 cm³/mol. The van der Waals surface area contributed by atoms with Crippen molar-refractivity contribution in [3.05, 3.63) is 13.8 Å². The summed E-state index contributed by atoms with van der Waals surface area (Å²) in [5, 5.41) is 0. The normalized spacial score (nSPS) is 6.67. The fourth-order valence-electron chi connectivity index (χ4n) is 0. The van der Waals surface area contributed by atoms with Gasteiger partial charge in [-0.2, -0.15) is 38.1 Å². The first-order valence-corrected chi connectivity index (χ1v) is 3.90. The van der Waals surface area contributed by atoms with Crippen LogP contribution in [0.5, 0.6) is 0 Å². The summed E-state index contributed by atoms with van der Waals surface area (Å²) in [5.41, 5.74) is 0. The van der Waals surface area contributed by atoms with Crippen molar-refractivity contribution in [2.45, 2.75) is 12.8 Å². The van der Waals surface area contributed by atoms with E-state index in [1.165, 1.54) is 0 Å². The quantitative estimate of drug-likeness (QED) is 0.394. The van der Waals surface area contributed by atoms with Gasteiger partial charge in [-0.3, -0.25) is 0 Å². The number of rotatable bonds is 2. The van der Waals surface area contributed by atoms with E-state index in [1.54, 1.807) is 0 Å². The van der Waals surface area contributed by atoms with Gasteiger partial charge in [0.2, 0.25) is 0 Å². The molecule has 0 aliphatic rings. The SMILES string of the molecule is [CH2-]CCS.[CH2-]CCS.[Zn+2]. The largest absolute Gasteiger partial charge is 2.00 e. The van der Waals surface area contributed by atoms with Crippen LogP contribution >= 0.6 is 25.3 Å². The van der Waals surface area contributed by atoms with Crippen LogP contribution in [0.1, 0.15) is 12.8 Å². The Balaban J connectivity index is -0.0000000720. The Morgan fingerprint density at radius 1 is 0.889 bits per heavy atom. The molecule has 0 aromatic heterocycles. The van der Waals surface area contributed by atoms with Crippen LogP contribution in [0.15, 0.2) is 0 Å². The number of hydrogen-bond acceptors (Lipinski definition) is 2. The molecule has 0 aliphatic heterocycles. The summed E-state index contributed by atoms with van der Waals surface area (Å²) in [6.45, 7) is 7.06. The smallest absolute Gasteiger partial charge is 0.343 e. The standard InChI is InChI=1S/2C3H7S.Zn/c2*1-2-3-4;/h2*4H,1-3H2;/q2*-1;+2. The monoisotopic (exact) mass is 214 g/mol. The minimum Gasteiger partial charge on any atom is -0.343 e. The zero-order chi connectivity index (χ0) is 6.83. The first-order valence-electron chi connectivity index (χ1n) is 2.63. The first kappa shape index (κ1) is 16.7. The van der Waals surface area contributed by atoms with Crippen LogP contribution in [0.3, 0.4) is 0 Å². The second-order valence-corrected chi connectivity index (χ2v) is 2.05. The third-order valence-electron chi connectivity index (χ3n) is 0.316. The second-order valence-electron chi connectivity index (χ2n) is 1.15. The molecule has 0 unspecified atom stereocenters.